The standard InChI is InChI=1S/C12H12N4O4/c1-7(8-2-3-13-15-8)14-9-4-11-12(20-6-19-11)5-10(9)16(17)18/h2-5,7,14H,6H2,1H3,(H,13,15). The molecule has 0 bridgehead atoms. The second-order valence-electron chi connectivity index (χ2n) is 4.36. The van der Waals surface area contributed by atoms with Gasteiger partial charge in [0.15, 0.2) is 11.5 Å². The summed E-state index contributed by atoms with van der Waals surface area (Å²) >= 11 is 0. The number of H-pyrrole nitrogens is 1. The van der Waals surface area contributed by atoms with Gasteiger partial charge in [-0.05, 0) is 13.0 Å². The van der Waals surface area contributed by atoms with Gasteiger partial charge in [0.05, 0.1) is 22.7 Å². The van der Waals surface area contributed by atoms with E-state index in [0.717, 1.165) is 5.69 Å². The molecule has 0 saturated heterocycles. The first-order chi connectivity index (χ1) is 9.65. The number of fused-ring (bicyclic) bond motifs is 1. The van der Waals surface area contributed by atoms with E-state index in [0.29, 0.717) is 17.2 Å². The van der Waals surface area contributed by atoms with Crippen LogP contribution in [0.1, 0.15) is 18.7 Å². The number of aromatic amines is 1. The Balaban J connectivity index is 1.94. The van der Waals surface area contributed by atoms with E-state index in [1.165, 1.54) is 6.07 Å². The Bertz CT molecular complexity index is 641. The topological polar surface area (TPSA) is 102 Å². The maximum absolute atomic E-state index is 11.1. The summed E-state index contributed by atoms with van der Waals surface area (Å²) in [5.74, 6) is 0.881. The lowest BCUT2D eigenvalue weighted by Crippen LogP contribution is -2.08. The van der Waals surface area contributed by atoms with Crippen molar-refractivity contribution in [3.05, 3.63) is 40.2 Å². The molecule has 2 N–H and O–H groups in total. The van der Waals surface area contributed by atoms with Crippen molar-refractivity contribution in [2.45, 2.75) is 13.0 Å². The summed E-state index contributed by atoms with van der Waals surface area (Å²) in [5.41, 5.74) is 1.15. The number of hydrogen-bond acceptors (Lipinski definition) is 6. The average molecular weight is 276 g/mol. The van der Waals surface area contributed by atoms with Gasteiger partial charge < -0.3 is 14.8 Å². The van der Waals surface area contributed by atoms with Crippen molar-refractivity contribution in [2.24, 2.45) is 0 Å². The number of benzene rings is 1. The summed E-state index contributed by atoms with van der Waals surface area (Å²) < 4.78 is 10.4. The average Bonchev–Trinajstić information content (AvgIpc) is 3.08. The number of hydrogen-bond donors (Lipinski definition) is 2. The van der Waals surface area contributed by atoms with Crippen LogP contribution in [0.3, 0.4) is 0 Å². The van der Waals surface area contributed by atoms with Crippen LogP contribution in [0.25, 0.3) is 0 Å². The van der Waals surface area contributed by atoms with Crippen molar-refractivity contribution in [1.29, 1.82) is 0 Å². The molecule has 0 amide bonds. The Hall–Kier alpha value is -2.77. The van der Waals surface area contributed by atoms with Gasteiger partial charge in [-0.25, -0.2) is 0 Å². The normalized spacial score (nSPS) is 14.1. The zero-order chi connectivity index (χ0) is 14.1. The lowest BCUT2D eigenvalue weighted by atomic mass is 10.2. The molecule has 0 spiro atoms. The molecule has 2 heterocycles. The zero-order valence-corrected chi connectivity index (χ0v) is 10.6. The number of ether oxygens (including phenoxy) is 2. The SMILES string of the molecule is CC(Nc1cc2c(cc1[N+](=O)[O-])OCO2)c1ccn[nH]1. The minimum absolute atomic E-state index is 0.0550. The molecule has 1 aromatic carbocycles. The smallest absolute Gasteiger partial charge is 0.296 e. The molecule has 1 atom stereocenters. The molecule has 1 aliphatic heterocycles. The third kappa shape index (κ3) is 2.11. The van der Waals surface area contributed by atoms with E-state index in [1.807, 2.05) is 6.92 Å². The summed E-state index contributed by atoms with van der Waals surface area (Å²) in [6.07, 6.45) is 1.63. The molecule has 3 rings (SSSR count). The van der Waals surface area contributed by atoms with Crippen LogP contribution >= 0.6 is 0 Å². The molecule has 0 saturated carbocycles. The number of anilines is 1. The maximum atomic E-state index is 11.1. The van der Waals surface area contributed by atoms with Crippen LogP contribution in [0.2, 0.25) is 0 Å². The quantitative estimate of drug-likeness (QED) is 0.655. The fraction of sp³-hybridized carbons (Fsp3) is 0.250. The van der Waals surface area contributed by atoms with E-state index in [-0.39, 0.29) is 18.5 Å². The van der Waals surface area contributed by atoms with E-state index in [4.69, 9.17) is 9.47 Å². The Kier molecular flexibility index (Phi) is 2.90. The maximum Gasteiger partial charge on any atom is 0.296 e. The van der Waals surface area contributed by atoms with E-state index in [9.17, 15) is 10.1 Å². The minimum Gasteiger partial charge on any atom is -0.454 e. The minimum atomic E-state index is -0.454. The van der Waals surface area contributed by atoms with Crippen LogP contribution in [-0.4, -0.2) is 21.9 Å². The fourth-order valence-corrected chi connectivity index (χ4v) is 2.02. The highest BCUT2D eigenvalue weighted by atomic mass is 16.7. The van der Waals surface area contributed by atoms with Crippen LogP contribution in [-0.2, 0) is 0 Å². The van der Waals surface area contributed by atoms with Gasteiger partial charge in [0.1, 0.15) is 5.69 Å². The predicted molar refractivity (Wildman–Crippen MR) is 69.8 cm³/mol. The molecule has 2 aromatic rings. The van der Waals surface area contributed by atoms with Gasteiger partial charge >= 0.3 is 0 Å². The third-order valence-corrected chi connectivity index (χ3v) is 3.05. The molecule has 8 nitrogen and oxygen atoms in total. The molecule has 0 fully saturated rings. The summed E-state index contributed by atoms with van der Waals surface area (Å²) in [6.45, 7) is 1.95. The van der Waals surface area contributed by atoms with Crippen LogP contribution in [0.4, 0.5) is 11.4 Å². The van der Waals surface area contributed by atoms with Crippen molar-refractivity contribution in [3.63, 3.8) is 0 Å². The fourth-order valence-electron chi connectivity index (χ4n) is 2.02. The molecule has 0 radical (unpaired) electrons. The number of nitrogens with zero attached hydrogens (tertiary/aromatic N) is 2. The largest absolute Gasteiger partial charge is 0.454 e. The Labute approximate surface area is 113 Å². The summed E-state index contributed by atoms with van der Waals surface area (Å²) in [6, 6.07) is 4.59. The van der Waals surface area contributed by atoms with E-state index < -0.39 is 4.92 Å². The Morgan fingerprint density at radius 2 is 2.20 bits per heavy atom. The summed E-state index contributed by atoms with van der Waals surface area (Å²) in [5, 5.41) is 20.9. The predicted octanol–water partition coefficient (Wildman–Crippen LogP) is 2.22. The number of nitro benzene ring substituents is 1. The Morgan fingerprint density at radius 1 is 1.45 bits per heavy atom. The number of aromatic nitrogens is 2. The number of rotatable bonds is 4. The van der Waals surface area contributed by atoms with Crippen LogP contribution in [0.15, 0.2) is 24.4 Å². The van der Waals surface area contributed by atoms with Gasteiger partial charge in [0, 0.05) is 12.3 Å². The van der Waals surface area contributed by atoms with Crippen LogP contribution in [0, 0.1) is 10.1 Å². The molecule has 8 heteroatoms. The molecular formula is C12H12N4O4. The highest BCUT2D eigenvalue weighted by Crippen LogP contribution is 2.41. The molecule has 104 valence electrons. The van der Waals surface area contributed by atoms with Crippen molar-refractivity contribution >= 4 is 11.4 Å². The van der Waals surface area contributed by atoms with Crippen LogP contribution in [0.5, 0.6) is 11.5 Å². The van der Waals surface area contributed by atoms with Crippen molar-refractivity contribution in [2.75, 3.05) is 12.1 Å². The van der Waals surface area contributed by atoms with Gasteiger partial charge in [-0.2, -0.15) is 5.10 Å². The lowest BCUT2D eigenvalue weighted by Gasteiger charge is -2.14. The van der Waals surface area contributed by atoms with E-state index >= 15 is 0 Å². The van der Waals surface area contributed by atoms with Gasteiger partial charge in [-0.15, -0.1) is 0 Å². The lowest BCUT2D eigenvalue weighted by molar-refractivity contribution is -0.384. The van der Waals surface area contributed by atoms with E-state index in [1.54, 1.807) is 18.3 Å². The third-order valence-electron chi connectivity index (χ3n) is 3.05. The highest BCUT2D eigenvalue weighted by molar-refractivity contribution is 5.69. The second kappa shape index (κ2) is 4.72. The molecule has 20 heavy (non-hydrogen) atoms. The van der Waals surface area contributed by atoms with Gasteiger partial charge in [-0.1, -0.05) is 0 Å². The van der Waals surface area contributed by atoms with Crippen molar-refractivity contribution in [3.8, 4) is 11.5 Å². The van der Waals surface area contributed by atoms with Gasteiger partial charge in [-0.3, -0.25) is 15.2 Å². The van der Waals surface area contributed by atoms with Crippen molar-refractivity contribution < 1.29 is 14.4 Å². The van der Waals surface area contributed by atoms with E-state index in [2.05, 4.69) is 15.5 Å². The Morgan fingerprint density at radius 3 is 2.85 bits per heavy atom. The monoisotopic (exact) mass is 276 g/mol. The molecule has 0 aliphatic carbocycles. The van der Waals surface area contributed by atoms with Crippen molar-refractivity contribution in [1.82, 2.24) is 10.2 Å². The van der Waals surface area contributed by atoms with Gasteiger partial charge in [0.25, 0.3) is 5.69 Å². The van der Waals surface area contributed by atoms with Gasteiger partial charge in [0.2, 0.25) is 6.79 Å². The number of nitrogens with one attached hydrogen (secondary N) is 2. The molecule has 1 aromatic heterocycles. The first-order valence-corrected chi connectivity index (χ1v) is 5.99. The molecule has 1 unspecified atom stereocenters. The van der Waals surface area contributed by atoms with Crippen LogP contribution < -0.4 is 14.8 Å². The summed E-state index contributed by atoms with van der Waals surface area (Å²) in [7, 11) is 0. The number of nitro groups is 1. The molecular weight excluding hydrogens is 264 g/mol. The highest BCUT2D eigenvalue weighted by Gasteiger charge is 2.24. The zero-order valence-electron chi connectivity index (χ0n) is 10.6. The summed E-state index contributed by atoms with van der Waals surface area (Å²) in [4.78, 5) is 10.7. The molecule has 1 aliphatic rings. The first kappa shape index (κ1) is 12.3. The second-order valence-corrected chi connectivity index (χ2v) is 4.36. The first-order valence-electron chi connectivity index (χ1n) is 5.99.